The number of nitrogens with one attached hydrogen (secondary N) is 1. The van der Waals surface area contributed by atoms with Gasteiger partial charge in [0.1, 0.15) is 67.7 Å². The Balaban J connectivity index is 1.07. The Bertz CT molecular complexity index is 3340. The maximum Gasteiger partial charge on any atom is 0.339 e. The molecule has 0 radical (unpaired) electrons. The van der Waals surface area contributed by atoms with Crippen LogP contribution < -0.4 is 24.3 Å². The van der Waals surface area contributed by atoms with E-state index in [2.05, 4.69) is 39.2 Å². The lowest BCUT2D eigenvalue weighted by atomic mass is 9.94. The van der Waals surface area contributed by atoms with Crippen molar-refractivity contribution in [3.63, 3.8) is 0 Å². The molecule has 82 heavy (non-hydrogen) atoms. The number of hydrogen-bond donors (Lipinski definition) is 1. The van der Waals surface area contributed by atoms with Crippen LogP contribution >= 0.6 is 0 Å². The first kappa shape index (κ1) is 57.9. The van der Waals surface area contributed by atoms with Crippen LogP contribution in [0.1, 0.15) is 108 Å². The molecule has 1 aliphatic carbocycles. The summed E-state index contributed by atoms with van der Waals surface area (Å²) in [5.41, 5.74) is 4.40. The first-order valence-corrected chi connectivity index (χ1v) is 30.6. The fourth-order valence-electron chi connectivity index (χ4n) is 9.31. The van der Waals surface area contributed by atoms with E-state index in [1.54, 1.807) is 36.4 Å². The summed E-state index contributed by atoms with van der Waals surface area (Å²) < 4.78 is 44.8. The maximum absolute atomic E-state index is 15.9. The number of carbonyl (C=O) groups excluding carboxylic acids is 4. The molecule has 1 N–H and O–H groups in total. The van der Waals surface area contributed by atoms with Crippen molar-refractivity contribution in [1.82, 2.24) is 5.32 Å². The topological polar surface area (TPSA) is 145 Å². The molecule has 8 aromatic carbocycles. The largest absolute Gasteiger partial charge is 0.489 e. The van der Waals surface area contributed by atoms with Gasteiger partial charge in [-0.1, -0.05) is 178 Å². The molecule has 0 heterocycles. The first-order chi connectivity index (χ1) is 39.7. The highest BCUT2D eigenvalue weighted by atomic mass is 28.4. The van der Waals surface area contributed by atoms with Crippen LogP contribution in [-0.2, 0) is 46.9 Å². The molecule has 420 valence electrons. The van der Waals surface area contributed by atoms with E-state index in [-0.39, 0.29) is 82.8 Å². The zero-order valence-electron chi connectivity index (χ0n) is 47.0. The van der Waals surface area contributed by atoms with Crippen molar-refractivity contribution in [2.75, 3.05) is 6.61 Å². The lowest BCUT2D eigenvalue weighted by molar-refractivity contribution is 0.0238. The Morgan fingerprint density at radius 1 is 0.488 bits per heavy atom. The molecule has 0 bridgehead atoms. The van der Waals surface area contributed by atoms with Gasteiger partial charge >= 0.3 is 11.9 Å². The van der Waals surface area contributed by atoms with Crippen molar-refractivity contribution in [3.8, 4) is 23.0 Å². The molecule has 0 spiro atoms. The van der Waals surface area contributed by atoms with Crippen molar-refractivity contribution in [2.45, 2.75) is 96.9 Å². The van der Waals surface area contributed by atoms with Crippen LogP contribution in [0.4, 0.5) is 0 Å². The fraction of sp³-hybridized carbons (Fsp3) is 0.246. The van der Waals surface area contributed by atoms with E-state index >= 15 is 9.59 Å². The number of ketones is 1. The third kappa shape index (κ3) is 15.4. The van der Waals surface area contributed by atoms with Crippen molar-refractivity contribution >= 4 is 31.9 Å². The van der Waals surface area contributed by atoms with Gasteiger partial charge in [-0.25, -0.2) is 9.59 Å². The molecule has 1 amide bonds. The Hall–Kier alpha value is -8.78. The molecule has 1 fully saturated rings. The normalized spacial score (nSPS) is 15.0. The quantitative estimate of drug-likeness (QED) is 0.0351. The number of esters is 2. The van der Waals surface area contributed by atoms with E-state index in [9.17, 15) is 9.59 Å². The van der Waals surface area contributed by atoms with E-state index in [0.717, 1.165) is 27.8 Å². The van der Waals surface area contributed by atoms with Crippen LogP contribution in [0.15, 0.2) is 206 Å². The van der Waals surface area contributed by atoms with E-state index in [1.807, 2.05) is 152 Å². The predicted octanol–water partition coefficient (Wildman–Crippen LogP) is 14.3. The molecule has 0 unspecified atom stereocenters. The molecule has 0 aromatic heterocycles. The molecule has 8 aromatic rings. The SMILES string of the molecule is CC(C)(C)[Si](C)(C)OC[C@@H]1C[C@@H](NC(=O)c2ccc(OCc3ccccc3)cc2)[C@H](OC(=O)c2cc(OCc3ccccc3)c(C(=O)c3c(OCc4ccccc4)cccc3C(=O)OCc3ccccc3)c(OCc3ccccc3)c2)C1. The van der Waals surface area contributed by atoms with Crippen LogP contribution in [0.5, 0.6) is 23.0 Å². The third-order valence-electron chi connectivity index (χ3n) is 15.0. The molecule has 9 rings (SSSR count). The molecule has 3 atom stereocenters. The summed E-state index contributed by atoms with van der Waals surface area (Å²) in [5, 5.41) is 3.15. The van der Waals surface area contributed by atoms with Crippen molar-refractivity contribution < 1.29 is 52.0 Å². The summed E-state index contributed by atoms with van der Waals surface area (Å²) in [7, 11) is -2.19. The van der Waals surface area contributed by atoms with Gasteiger partial charge in [-0.3, -0.25) is 9.59 Å². The fourth-order valence-corrected chi connectivity index (χ4v) is 10.4. The van der Waals surface area contributed by atoms with Gasteiger partial charge in [0, 0.05) is 12.2 Å². The van der Waals surface area contributed by atoms with E-state index in [4.69, 9.17) is 32.8 Å². The molecular formula is C69H69NO11Si. The lowest BCUT2D eigenvalue weighted by Gasteiger charge is -2.37. The Kier molecular flexibility index (Phi) is 19.1. The van der Waals surface area contributed by atoms with Gasteiger partial charge in [-0.2, -0.15) is 0 Å². The third-order valence-corrected chi connectivity index (χ3v) is 19.5. The highest BCUT2D eigenvalue weighted by Gasteiger charge is 2.42. The average molecular weight is 1120 g/mol. The summed E-state index contributed by atoms with van der Waals surface area (Å²) in [5.74, 6) is -1.86. The van der Waals surface area contributed by atoms with Gasteiger partial charge in [0.15, 0.2) is 8.32 Å². The number of benzene rings is 8. The lowest BCUT2D eigenvalue weighted by Crippen LogP contribution is -2.42. The minimum atomic E-state index is -2.19. The first-order valence-electron chi connectivity index (χ1n) is 27.7. The van der Waals surface area contributed by atoms with Gasteiger partial charge in [-0.05, 0) is 113 Å². The van der Waals surface area contributed by atoms with E-state index in [1.165, 1.54) is 18.2 Å². The highest BCUT2D eigenvalue weighted by Crippen LogP contribution is 2.41. The van der Waals surface area contributed by atoms with Crippen LogP contribution in [0.25, 0.3) is 0 Å². The molecule has 0 aliphatic heterocycles. The highest BCUT2D eigenvalue weighted by molar-refractivity contribution is 6.74. The summed E-state index contributed by atoms with van der Waals surface area (Å²) in [6, 6.07) is 61.4. The Labute approximate surface area is 481 Å². The van der Waals surface area contributed by atoms with Gasteiger partial charge < -0.3 is 38.2 Å². The van der Waals surface area contributed by atoms with Crippen LogP contribution in [0.3, 0.4) is 0 Å². The molecule has 12 nitrogen and oxygen atoms in total. The zero-order chi connectivity index (χ0) is 57.5. The van der Waals surface area contributed by atoms with Crippen molar-refractivity contribution in [1.29, 1.82) is 0 Å². The average Bonchev–Trinajstić information content (AvgIpc) is 3.25. The van der Waals surface area contributed by atoms with E-state index in [0.29, 0.717) is 37.4 Å². The monoisotopic (exact) mass is 1120 g/mol. The molecule has 1 aliphatic rings. The van der Waals surface area contributed by atoms with Gasteiger partial charge in [-0.15, -0.1) is 0 Å². The second kappa shape index (κ2) is 27.1. The number of carbonyl (C=O) groups is 4. The molecule has 0 saturated heterocycles. The minimum Gasteiger partial charge on any atom is -0.489 e. The molecule has 13 heteroatoms. The van der Waals surface area contributed by atoms with Crippen molar-refractivity contribution in [3.05, 3.63) is 262 Å². The standard InChI is InChI=1S/C69H69NO11Si/c1-69(2,3)82(4,5)80-47-53-38-58(70-66(72)54-34-36-56(37-35-54)75-42-48-22-11-6-12-23-48)60(39-53)81-67(73)55-40-61(77-44-50-26-15-8-16-27-50)64(62(41-55)78-45-51-28-17-9-18-29-51)65(71)63-57(68(74)79-46-52-30-19-10-20-31-52)32-21-33-59(63)76-43-49-24-13-7-14-25-49/h6-37,40-41,53,58,60H,38-39,42-47H2,1-5H3,(H,70,72)/t53-,58-,60-/m1/s1. The number of hydrogen-bond acceptors (Lipinski definition) is 11. The smallest absolute Gasteiger partial charge is 0.339 e. The van der Waals surface area contributed by atoms with Gasteiger partial charge in [0.25, 0.3) is 5.91 Å². The second-order valence-electron chi connectivity index (χ2n) is 22.0. The van der Waals surface area contributed by atoms with Gasteiger partial charge in [0.05, 0.1) is 22.7 Å². The van der Waals surface area contributed by atoms with E-state index < -0.39 is 38.2 Å². The summed E-state index contributed by atoms with van der Waals surface area (Å²) in [6.45, 7) is 11.8. The summed E-state index contributed by atoms with van der Waals surface area (Å²) >= 11 is 0. The number of ether oxygens (including phenoxy) is 6. The molecular weight excluding hydrogens is 1050 g/mol. The maximum atomic E-state index is 15.9. The Morgan fingerprint density at radius 2 is 0.951 bits per heavy atom. The Morgan fingerprint density at radius 3 is 1.44 bits per heavy atom. The second-order valence-corrected chi connectivity index (χ2v) is 26.8. The summed E-state index contributed by atoms with van der Waals surface area (Å²) in [6.07, 6.45) is 0.119. The minimum absolute atomic E-state index is 0.0113. The summed E-state index contributed by atoms with van der Waals surface area (Å²) in [4.78, 5) is 59.3. The zero-order valence-corrected chi connectivity index (χ0v) is 48.0. The number of amides is 1. The van der Waals surface area contributed by atoms with Gasteiger partial charge in [0.2, 0.25) is 5.78 Å². The molecule has 1 saturated carbocycles. The van der Waals surface area contributed by atoms with Crippen molar-refractivity contribution in [2.24, 2.45) is 5.92 Å². The number of rotatable bonds is 24. The van der Waals surface area contributed by atoms with Crippen LogP contribution in [0, 0.1) is 5.92 Å². The van der Waals surface area contributed by atoms with Crippen LogP contribution in [-0.4, -0.2) is 50.7 Å². The predicted molar refractivity (Wildman–Crippen MR) is 318 cm³/mol. The van der Waals surface area contributed by atoms with Crippen LogP contribution in [0.2, 0.25) is 18.1 Å².